The number of aromatic nitrogens is 3. The Labute approximate surface area is 116 Å². The van der Waals surface area contributed by atoms with Gasteiger partial charge in [0, 0.05) is 18.9 Å². The topological polar surface area (TPSA) is 55.1 Å². The molecule has 0 bridgehead atoms. The first-order valence-corrected chi connectivity index (χ1v) is 6.26. The minimum absolute atomic E-state index is 0.141. The van der Waals surface area contributed by atoms with Gasteiger partial charge in [0.25, 0.3) is 5.56 Å². The van der Waals surface area contributed by atoms with Crippen molar-refractivity contribution in [3.05, 3.63) is 46.1 Å². The van der Waals surface area contributed by atoms with Crippen molar-refractivity contribution in [1.82, 2.24) is 19.4 Å². The predicted molar refractivity (Wildman–Crippen MR) is 75.5 cm³/mol. The zero-order chi connectivity index (χ0) is 13.8. The summed E-state index contributed by atoms with van der Waals surface area (Å²) in [6, 6.07) is 3.74. The lowest BCUT2D eigenvalue weighted by atomic mass is 10.4. The summed E-state index contributed by atoms with van der Waals surface area (Å²) in [6.07, 6.45) is 5.18. The molecule has 6 nitrogen and oxygen atoms in total. The van der Waals surface area contributed by atoms with Gasteiger partial charge in [0.1, 0.15) is 5.02 Å². The molecule has 19 heavy (non-hydrogen) atoms. The standard InChI is InChI=1S/C12H16ClN5O/c1-16(2)7-8-18-12(19)11(13)10(9-14-18)15-17-5-3-4-6-17/h3-6,9,15H,7-8H2,1-2H3. The maximum atomic E-state index is 12.0. The van der Waals surface area contributed by atoms with E-state index >= 15 is 0 Å². The molecule has 102 valence electrons. The van der Waals surface area contributed by atoms with Crippen LogP contribution in [0.1, 0.15) is 0 Å². The molecule has 2 aromatic heterocycles. The van der Waals surface area contributed by atoms with E-state index in [1.165, 1.54) is 4.68 Å². The van der Waals surface area contributed by atoms with Crippen molar-refractivity contribution in [3.63, 3.8) is 0 Å². The Balaban J connectivity index is 2.20. The van der Waals surface area contributed by atoms with Gasteiger partial charge in [0.05, 0.1) is 18.4 Å². The lowest BCUT2D eigenvalue weighted by Crippen LogP contribution is -2.29. The molecular formula is C12H16ClN5O. The Hall–Kier alpha value is -1.79. The van der Waals surface area contributed by atoms with Crippen LogP contribution in [0.4, 0.5) is 5.69 Å². The zero-order valence-electron chi connectivity index (χ0n) is 10.9. The number of nitrogens with zero attached hydrogens (tertiary/aromatic N) is 4. The van der Waals surface area contributed by atoms with E-state index in [4.69, 9.17) is 11.6 Å². The third-order valence-electron chi connectivity index (χ3n) is 2.60. The molecule has 2 aromatic rings. The zero-order valence-corrected chi connectivity index (χ0v) is 11.6. The van der Waals surface area contributed by atoms with E-state index in [0.717, 1.165) is 6.54 Å². The number of nitrogens with one attached hydrogen (secondary N) is 1. The molecule has 0 saturated carbocycles. The van der Waals surface area contributed by atoms with Crippen molar-refractivity contribution in [3.8, 4) is 0 Å². The Morgan fingerprint density at radius 2 is 2.05 bits per heavy atom. The van der Waals surface area contributed by atoms with Crippen LogP contribution in [-0.2, 0) is 6.54 Å². The average molecular weight is 282 g/mol. The minimum Gasteiger partial charge on any atom is -0.308 e. The van der Waals surface area contributed by atoms with Gasteiger partial charge in [-0.25, -0.2) is 4.68 Å². The second kappa shape index (κ2) is 5.90. The molecule has 0 spiro atoms. The maximum Gasteiger partial charge on any atom is 0.287 e. The number of anilines is 1. The quantitative estimate of drug-likeness (QED) is 0.893. The highest BCUT2D eigenvalue weighted by Crippen LogP contribution is 2.15. The third-order valence-corrected chi connectivity index (χ3v) is 2.96. The number of halogens is 1. The summed E-state index contributed by atoms with van der Waals surface area (Å²) in [4.78, 5) is 14.0. The Morgan fingerprint density at radius 1 is 1.37 bits per heavy atom. The summed E-state index contributed by atoms with van der Waals surface area (Å²) in [6.45, 7) is 1.24. The second-order valence-electron chi connectivity index (χ2n) is 4.41. The maximum absolute atomic E-state index is 12.0. The van der Waals surface area contributed by atoms with Crippen LogP contribution in [0.15, 0.2) is 35.5 Å². The van der Waals surface area contributed by atoms with Gasteiger partial charge in [-0.2, -0.15) is 5.10 Å². The summed E-state index contributed by atoms with van der Waals surface area (Å²) in [5.41, 5.74) is 3.18. The van der Waals surface area contributed by atoms with Gasteiger partial charge in [-0.05, 0) is 26.2 Å². The molecule has 0 unspecified atom stereocenters. The Bertz CT molecular complexity index is 591. The smallest absolute Gasteiger partial charge is 0.287 e. The molecule has 0 aliphatic rings. The van der Waals surface area contributed by atoms with E-state index in [9.17, 15) is 4.79 Å². The monoisotopic (exact) mass is 281 g/mol. The molecule has 0 fully saturated rings. The summed E-state index contributed by atoms with van der Waals surface area (Å²) in [5.74, 6) is 0. The highest BCUT2D eigenvalue weighted by Gasteiger charge is 2.09. The number of hydrogen-bond acceptors (Lipinski definition) is 4. The van der Waals surface area contributed by atoms with Gasteiger partial charge < -0.3 is 4.90 Å². The van der Waals surface area contributed by atoms with E-state index in [2.05, 4.69) is 10.5 Å². The fourth-order valence-electron chi connectivity index (χ4n) is 1.55. The summed E-state index contributed by atoms with van der Waals surface area (Å²) in [7, 11) is 3.88. The Morgan fingerprint density at radius 3 is 2.68 bits per heavy atom. The van der Waals surface area contributed by atoms with Crippen LogP contribution in [0.5, 0.6) is 0 Å². The predicted octanol–water partition coefficient (Wildman–Crippen LogP) is 1.13. The first-order chi connectivity index (χ1) is 9.08. The molecule has 2 rings (SSSR count). The normalized spacial score (nSPS) is 10.9. The van der Waals surface area contributed by atoms with Gasteiger partial charge in [-0.3, -0.25) is 14.9 Å². The van der Waals surface area contributed by atoms with Gasteiger partial charge in [0.15, 0.2) is 0 Å². The molecule has 0 aliphatic carbocycles. The van der Waals surface area contributed by atoms with Crippen LogP contribution in [0.2, 0.25) is 5.02 Å². The molecule has 2 heterocycles. The van der Waals surface area contributed by atoms with Crippen LogP contribution in [0.25, 0.3) is 0 Å². The highest BCUT2D eigenvalue weighted by molar-refractivity contribution is 6.32. The molecule has 0 aromatic carbocycles. The van der Waals surface area contributed by atoms with Crippen molar-refractivity contribution >= 4 is 17.3 Å². The van der Waals surface area contributed by atoms with Crippen LogP contribution in [0.3, 0.4) is 0 Å². The van der Waals surface area contributed by atoms with Crippen molar-refractivity contribution < 1.29 is 0 Å². The van der Waals surface area contributed by atoms with E-state index in [-0.39, 0.29) is 10.6 Å². The van der Waals surface area contributed by atoms with Crippen LogP contribution in [-0.4, -0.2) is 40.0 Å². The number of likely N-dealkylation sites (N-methyl/N-ethyl adjacent to an activating group) is 1. The minimum atomic E-state index is -0.291. The first-order valence-electron chi connectivity index (χ1n) is 5.88. The average Bonchev–Trinajstić information content (AvgIpc) is 2.87. The van der Waals surface area contributed by atoms with Crippen molar-refractivity contribution in [2.75, 3.05) is 26.1 Å². The van der Waals surface area contributed by atoms with Gasteiger partial charge in [0.2, 0.25) is 0 Å². The highest BCUT2D eigenvalue weighted by atomic mass is 35.5. The third kappa shape index (κ3) is 3.36. The summed E-state index contributed by atoms with van der Waals surface area (Å²) < 4.78 is 3.07. The van der Waals surface area contributed by atoms with E-state index in [1.54, 1.807) is 10.9 Å². The fraction of sp³-hybridized carbons (Fsp3) is 0.333. The Kier molecular flexibility index (Phi) is 4.24. The molecule has 0 aliphatic heterocycles. The van der Waals surface area contributed by atoms with Gasteiger partial charge in [-0.15, -0.1) is 0 Å². The molecule has 0 atom stereocenters. The largest absolute Gasteiger partial charge is 0.308 e. The number of hydrogen-bond donors (Lipinski definition) is 1. The number of rotatable bonds is 5. The SMILES string of the molecule is CN(C)CCn1ncc(Nn2cccc2)c(Cl)c1=O. The van der Waals surface area contributed by atoms with Crippen molar-refractivity contribution in [1.29, 1.82) is 0 Å². The van der Waals surface area contributed by atoms with Gasteiger partial charge in [-0.1, -0.05) is 11.6 Å². The lowest BCUT2D eigenvalue weighted by Gasteiger charge is -2.13. The summed E-state index contributed by atoms with van der Waals surface area (Å²) in [5, 5.41) is 4.25. The lowest BCUT2D eigenvalue weighted by molar-refractivity contribution is 0.367. The van der Waals surface area contributed by atoms with E-state index < -0.39 is 0 Å². The summed E-state index contributed by atoms with van der Waals surface area (Å²) >= 11 is 6.07. The van der Waals surface area contributed by atoms with Crippen molar-refractivity contribution in [2.45, 2.75) is 6.54 Å². The molecule has 7 heteroatoms. The van der Waals surface area contributed by atoms with Crippen LogP contribution in [0, 0.1) is 0 Å². The molecular weight excluding hydrogens is 266 g/mol. The van der Waals surface area contributed by atoms with Gasteiger partial charge >= 0.3 is 0 Å². The van der Waals surface area contributed by atoms with Crippen LogP contribution >= 0.6 is 11.6 Å². The molecule has 0 amide bonds. The van der Waals surface area contributed by atoms with E-state index in [1.807, 2.05) is 43.5 Å². The molecule has 1 N–H and O–H groups in total. The van der Waals surface area contributed by atoms with Crippen LogP contribution < -0.4 is 11.0 Å². The van der Waals surface area contributed by atoms with Crippen molar-refractivity contribution in [2.24, 2.45) is 0 Å². The van der Waals surface area contributed by atoms with E-state index in [0.29, 0.717) is 12.2 Å². The first kappa shape index (κ1) is 13.6. The molecule has 0 saturated heterocycles. The molecule has 0 radical (unpaired) electrons. The second-order valence-corrected chi connectivity index (χ2v) is 4.78. The fourth-order valence-corrected chi connectivity index (χ4v) is 1.73.